The summed E-state index contributed by atoms with van der Waals surface area (Å²) in [6, 6.07) is 151. The summed E-state index contributed by atoms with van der Waals surface area (Å²) in [5.41, 5.74) is 37.8. The molecule has 4 aromatic heterocycles. The minimum atomic E-state index is -1.47. The van der Waals surface area contributed by atoms with Gasteiger partial charge < -0.3 is 10.0 Å². The highest BCUT2D eigenvalue weighted by molar-refractivity contribution is 9.10. The molecule has 2 N–H and O–H groups in total. The summed E-state index contributed by atoms with van der Waals surface area (Å²) in [6.45, 7) is 0. The fourth-order valence-electron chi connectivity index (χ4n) is 20.8. The van der Waals surface area contributed by atoms with Gasteiger partial charge in [-0.2, -0.15) is 0 Å². The monoisotopic (exact) mass is 1650 g/mol. The molecule has 8 nitrogen and oxygen atoms in total. The lowest BCUT2D eigenvalue weighted by atomic mass is 9.70. The largest absolute Gasteiger partial charge is 0.488 e. The molecule has 2 spiro atoms. The van der Waals surface area contributed by atoms with Crippen molar-refractivity contribution in [1.29, 1.82) is 0 Å². The van der Waals surface area contributed by atoms with Gasteiger partial charge in [0.2, 0.25) is 0 Å². The minimum absolute atomic E-state index is 0.352. The molecule has 0 amide bonds. The van der Waals surface area contributed by atoms with E-state index in [1.807, 2.05) is 72.8 Å². The number of hydrogen-bond acceptors (Lipinski definition) is 6. The van der Waals surface area contributed by atoms with E-state index in [2.05, 4.69) is 365 Å². The molecule has 0 unspecified atom stereocenters. The molecule has 0 saturated carbocycles. The highest BCUT2D eigenvalue weighted by Crippen LogP contribution is 2.66. The van der Waals surface area contributed by atoms with E-state index in [0.717, 1.165) is 111 Å². The molecule has 22 aromatic rings. The van der Waals surface area contributed by atoms with Crippen LogP contribution in [0.2, 0.25) is 0 Å². The van der Waals surface area contributed by atoms with Crippen LogP contribution in [-0.2, 0) is 10.8 Å². The minimum Gasteiger partial charge on any atom is -0.423 e. The topological polar surface area (TPSA) is 102 Å². The van der Waals surface area contributed by atoms with E-state index in [1.165, 1.54) is 116 Å². The lowest BCUT2D eigenvalue weighted by Gasteiger charge is -2.30. The second-order valence-corrected chi connectivity index (χ2v) is 33.3. The fraction of sp³-hybridized carbons (Fsp3) is 0.0175. The average Bonchev–Trinajstić information content (AvgIpc) is 1.50. The maximum atomic E-state index is 9.27. The van der Waals surface area contributed by atoms with Crippen molar-refractivity contribution in [2.45, 2.75) is 10.8 Å². The zero-order chi connectivity index (χ0) is 82.3. The fourth-order valence-corrected chi connectivity index (χ4v) is 21.1. The number of halogens is 1. The van der Waals surface area contributed by atoms with Crippen LogP contribution in [-0.4, -0.2) is 46.2 Å². The standard InChI is InChI=1S/C57H35N3.C38H22BrN.C19H15BN2O2/c1-2-14-40(15-3-1)60-52-25-13-12-24-51(52)59-56(60)39-32-28-37(29-33-39)36-26-30-38(31-27-36)55-45-34-35-49-54(53(45)44-19-7-11-23-50(44)58-55)43-18-6-10-22-48(43)57(49)46-20-8-4-16-41(46)42-17-5-9-21-47(42)57;39-24-19-17-23(18-20-24)37-29-21-22-33-36(35(29)28-12-4-8-16-34(28)40-37)27-11-3-7-15-32(27)38(33)30-13-5-1-9-25(30)26-10-2-6-14-31(26)38;23-20(24)15-12-10-14(11-13-15)19-21-17-8-4-5-9-18(17)22(19)16-6-2-1-3-7-16/h1-35H;1-22H;1-13,23-24H. The Balaban J connectivity index is 0.000000116. The zero-order valence-corrected chi connectivity index (χ0v) is 68.5. The Bertz CT molecular complexity index is 8000. The van der Waals surface area contributed by atoms with Crippen LogP contribution >= 0.6 is 15.9 Å². The molecule has 4 heterocycles. The molecular formula is C114H72BBrN6O2. The van der Waals surface area contributed by atoms with Gasteiger partial charge in [0.15, 0.2) is 0 Å². The number of para-hydroxylation sites is 8. The molecule has 4 aliphatic carbocycles. The highest BCUT2D eigenvalue weighted by Gasteiger charge is 2.54. The van der Waals surface area contributed by atoms with Crippen molar-refractivity contribution in [3.63, 3.8) is 0 Å². The molecule has 0 fully saturated rings. The van der Waals surface area contributed by atoms with Crippen LogP contribution < -0.4 is 5.46 Å². The number of rotatable bonds is 8. The molecule has 0 aliphatic heterocycles. The first kappa shape index (κ1) is 72.7. The van der Waals surface area contributed by atoms with Gasteiger partial charge in [0.25, 0.3) is 0 Å². The van der Waals surface area contributed by atoms with Crippen LogP contribution in [0.25, 0.3) is 178 Å². The van der Waals surface area contributed by atoms with Crippen LogP contribution in [0, 0.1) is 0 Å². The van der Waals surface area contributed by atoms with E-state index in [0.29, 0.717) is 5.46 Å². The van der Waals surface area contributed by atoms with Gasteiger partial charge in [-0.1, -0.05) is 368 Å². The second kappa shape index (κ2) is 29.0. The summed E-state index contributed by atoms with van der Waals surface area (Å²) in [5, 5.41) is 25.8. The maximum absolute atomic E-state index is 9.27. The van der Waals surface area contributed by atoms with E-state index in [9.17, 15) is 10.0 Å². The SMILES string of the molecule is Brc1ccc(-c2nc3ccccc3c3c4c(ccc23)C2(c3ccccc3-c3ccccc32)c2ccccc2-4)cc1.OB(O)c1ccc(-c2nc3ccccc3n2-c2ccccc2)cc1.c1ccc(-n2c(-c3ccc(-c4ccc(-c5nc6ccccc6c6c7c(ccc56)C5(c6ccccc6-c6ccccc65)c5ccccc5-7)cc4)cc3)nc3ccccc32)cc1. The summed E-state index contributed by atoms with van der Waals surface area (Å²) in [4.78, 5) is 20.5. The number of benzene rings is 18. The third kappa shape index (κ3) is 11.0. The number of imidazole rings is 2. The molecule has 0 atom stereocenters. The molecule has 0 saturated heterocycles. The van der Waals surface area contributed by atoms with Crippen molar-refractivity contribution in [2.75, 3.05) is 0 Å². The normalized spacial score (nSPS) is 12.9. The first-order chi connectivity index (χ1) is 61.3. The lowest BCUT2D eigenvalue weighted by molar-refractivity contribution is 0.426. The third-order valence-electron chi connectivity index (χ3n) is 26.0. The first-order valence-corrected chi connectivity index (χ1v) is 42.9. The number of nitrogens with zero attached hydrogens (tertiary/aromatic N) is 6. The van der Waals surface area contributed by atoms with E-state index in [4.69, 9.17) is 19.9 Å². The van der Waals surface area contributed by atoms with Gasteiger partial charge in [0, 0.05) is 70.4 Å². The van der Waals surface area contributed by atoms with Gasteiger partial charge in [0.1, 0.15) is 11.6 Å². The van der Waals surface area contributed by atoms with Crippen molar-refractivity contribution < 1.29 is 10.0 Å². The number of fused-ring (bicyclic) bond motifs is 30. The molecule has 0 radical (unpaired) electrons. The van der Waals surface area contributed by atoms with Crippen molar-refractivity contribution in [3.05, 3.63) is 474 Å². The van der Waals surface area contributed by atoms with E-state index in [1.54, 1.807) is 12.1 Å². The molecule has 124 heavy (non-hydrogen) atoms. The molecule has 18 aromatic carbocycles. The molecule has 26 rings (SSSR count). The van der Waals surface area contributed by atoms with Gasteiger partial charge in [-0.05, 0) is 178 Å². The summed E-state index contributed by atoms with van der Waals surface area (Å²) >= 11 is 3.61. The van der Waals surface area contributed by atoms with Gasteiger partial charge in [0.05, 0.1) is 55.3 Å². The Labute approximate surface area is 724 Å². The van der Waals surface area contributed by atoms with Crippen LogP contribution in [0.5, 0.6) is 0 Å². The van der Waals surface area contributed by atoms with Crippen molar-refractivity contribution in [2.24, 2.45) is 0 Å². The van der Waals surface area contributed by atoms with E-state index >= 15 is 0 Å². The quantitative estimate of drug-likeness (QED) is 0.116. The van der Waals surface area contributed by atoms with Gasteiger partial charge in [-0.15, -0.1) is 0 Å². The average molecular weight is 1650 g/mol. The number of aromatic nitrogens is 6. The second-order valence-electron chi connectivity index (χ2n) is 32.4. The van der Waals surface area contributed by atoms with Crippen molar-refractivity contribution >= 4 is 93.9 Å². The van der Waals surface area contributed by atoms with Crippen LogP contribution in [0.1, 0.15) is 44.5 Å². The van der Waals surface area contributed by atoms with Crippen LogP contribution in [0.4, 0.5) is 0 Å². The molecule has 10 heteroatoms. The Kier molecular flexibility index (Phi) is 17.0. The predicted molar refractivity (Wildman–Crippen MR) is 511 cm³/mol. The Hall–Kier alpha value is -15.3. The first-order valence-electron chi connectivity index (χ1n) is 42.1. The van der Waals surface area contributed by atoms with Gasteiger partial charge in [-0.25, -0.2) is 19.9 Å². The summed E-state index contributed by atoms with van der Waals surface area (Å²) < 4.78 is 5.43. The van der Waals surface area contributed by atoms with Crippen molar-refractivity contribution in [3.8, 4) is 112 Å². The molecule has 4 aliphatic rings. The Morgan fingerprint density at radius 1 is 0.234 bits per heavy atom. The molecule has 0 bridgehead atoms. The lowest BCUT2D eigenvalue weighted by Crippen LogP contribution is -2.29. The van der Waals surface area contributed by atoms with Gasteiger partial charge >= 0.3 is 7.12 Å². The highest BCUT2D eigenvalue weighted by atomic mass is 79.9. The predicted octanol–water partition coefficient (Wildman–Crippen LogP) is 26.6. The number of pyridine rings is 2. The maximum Gasteiger partial charge on any atom is 0.488 e. The summed E-state index contributed by atoms with van der Waals surface area (Å²) in [6.07, 6.45) is 0. The van der Waals surface area contributed by atoms with E-state index < -0.39 is 12.5 Å². The smallest absolute Gasteiger partial charge is 0.423 e. The molecule has 580 valence electrons. The van der Waals surface area contributed by atoms with Gasteiger partial charge in [-0.3, -0.25) is 9.13 Å². The Morgan fingerprint density at radius 3 is 0.919 bits per heavy atom. The van der Waals surface area contributed by atoms with Crippen molar-refractivity contribution in [1.82, 2.24) is 29.1 Å². The zero-order valence-electron chi connectivity index (χ0n) is 66.9. The third-order valence-corrected chi connectivity index (χ3v) is 26.5. The Morgan fingerprint density at radius 2 is 0.532 bits per heavy atom. The molecular weight excluding hydrogens is 1580 g/mol. The van der Waals surface area contributed by atoms with Crippen LogP contribution in [0.15, 0.2) is 429 Å². The van der Waals surface area contributed by atoms with E-state index in [-0.39, 0.29) is 5.41 Å². The summed E-state index contributed by atoms with van der Waals surface area (Å²) in [5.74, 6) is 1.75. The van der Waals surface area contributed by atoms with Crippen LogP contribution in [0.3, 0.4) is 0 Å². The summed E-state index contributed by atoms with van der Waals surface area (Å²) in [7, 11) is -1.47. The number of hydrogen-bond donors (Lipinski definition) is 2.